The summed E-state index contributed by atoms with van der Waals surface area (Å²) in [7, 11) is -4.72. The molecule has 1 unspecified atom stereocenters. The van der Waals surface area contributed by atoms with Crippen LogP contribution in [0.25, 0.3) is 0 Å². The van der Waals surface area contributed by atoms with Crippen molar-refractivity contribution in [1.29, 1.82) is 0 Å². The van der Waals surface area contributed by atoms with E-state index in [0.29, 0.717) is 12.8 Å². The van der Waals surface area contributed by atoms with E-state index in [4.69, 9.17) is 24.8 Å². The second-order valence-electron chi connectivity index (χ2n) is 14.1. The zero-order valence-electron chi connectivity index (χ0n) is 34.7. The Labute approximate surface area is 338 Å². The molecule has 12 heteroatoms. The first kappa shape index (κ1) is 53.2. The van der Waals surface area contributed by atoms with E-state index in [-0.39, 0.29) is 19.4 Å². The fourth-order valence-corrected chi connectivity index (χ4v) is 6.22. The van der Waals surface area contributed by atoms with Gasteiger partial charge in [-0.05, 0) is 57.8 Å². The molecule has 0 saturated carbocycles. The fourth-order valence-electron chi connectivity index (χ4n) is 5.44. The van der Waals surface area contributed by atoms with Crippen molar-refractivity contribution in [2.24, 2.45) is 5.73 Å². The molecule has 0 fully saturated rings. The second-order valence-corrected chi connectivity index (χ2v) is 15.6. The third-order valence-electron chi connectivity index (χ3n) is 8.78. The summed E-state index contributed by atoms with van der Waals surface area (Å²) < 4.78 is 32.6. The molecule has 0 saturated heterocycles. The average Bonchev–Trinajstić information content (AvgIpc) is 3.17. The molecule has 11 nitrogen and oxygen atoms in total. The second kappa shape index (κ2) is 39.0. The molecule has 0 aromatic heterocycles. The average molecular weight is 810 g/mol. The Bertz CT molecular complexity index is 1180. The molecule has 0 amide bonds. The molecular formula is C44H76NO10P. The van der Waals surface area contributed by atoms with Gasteiger partial charge in [-0.3, -0.25) is 23.4 Å². The monoisotopic (exact) mass is 810 g/mol. The van der Waals surface area contributed by atoms with E-state index < -0.39 is 51.1 Å². The summed E-state index contributed by atoms with van der Waals surface area (Å²) in [4.78, 5) is 45.9. The maximum atomic E-state index is 12.6. The van der Waals surface area contributed by atoms with Crippen LogP contribution in [0.3, 0.4) is 0 Å². The van der Waals surface area contributed by atoms with Gasteiger partial charge in [-0.2, -0.15) is 0 Å². The lowest BCUT2D eigenvalue weighted by Gasteiger charge is -2.20. The molecule has 56 heavy (non-hydrogen) atoms. The minimum Gasteiger partial charge on any atom is -0.480 e. The number of phosphoric acid groups is 1. The number of carbonyl (C=O) groups excluding carboxylic acids is 2. The van der Waals surface area contributed by atoms with Gasteiger partial charge in [-0.15, -0.1) is 0 Å². The van der Waals surface area contributed by atoms with Gasteiger partial charge < -0.3 is 25.2 Å². The summed E-state index contributed by atoms with van der Waals surface area (Å²) in [5.74, 6) is -2.42. The van der Waals surface area contributed by atoms with E-state index in [2.05, 4.69) is 79.1 Å². The van der Waals surface area contributed by atoms with Crippen LogP contribution in [0.2, 0.25) is 0 Å². The van der Waals surface area contributed by atoms with E-state index in [9.17, 15) is 23.8 Å². The summed E-state index contributed by atoms with van der Waals surface area (Å²) >= 11 is 0. The van der Waals surface area contributed by atoms with Gasteiger partial charge in [0.2, 0.25) is 0 Å². The van der Waals surface area contributed by atoms with Crippen LogP contribution >= 0.6 is 7.82 Å². The number of hydrogen-bond acceptors (Lipinski definition) is 9. The van der Waals surface area contributed by atoms with Gasteiger partial charge in [0.25, 0.3) is 0 Å². The number of aliphatic carboxylic acids is 1. The van der Waals surface area contributed by atoms with Crippen LogP contribution in [0.5, 0.6) is 0 Å². The van der Waals surface area contributed by atoms with Gasteiger partial charge in [0.1, 0.15) is 12.6 Å². The zero-order valence-corrected chi connectivity index (χ0v) is 35.6. The van der Waals surface area contributed by atoms with Crippen molar-refractivity contribution in [3.8, 4) is 0 Å². The number of phosphoric ester groups is 1. The maximum Gasteiger partial charge on any atom is 0.472 e. The molecular weight excluding hydrogens is 733 g/mol. The first-order valence-corrected chi connectivity index (χ1v) is 22.8. The predicted octanol–water partition coefficient (Wildman–Crippen LogP) is 11.2. The number of carboxylic acids is 1. The Kier molecular flexibility index (Phi) is 37.1. The molecule has 0 aliphatic heterocycles. The number of hydrogen-bond donors (Lipinski definition) is 3. The Hall–Kier alpha value is -2.82. The first-order chi connectivity index (χ1) is 27.1. The van der Waals surface area contributed by atoms with Crippen molar-refractivity contribution in [3.63, 3.8) is 0 Å². The summed E-state index contributed by atoms with van der Waals surface area (Å²) in [6, 6.07) is -1.53. The van der Waals surface area contributed by atoms with Gasteiger partial charge in [0, 0.05) is 12.8 Å². The number of ether oxygens (including phenoxy) is 2. The van der Waals surface area contributed by atoms with Crippen molar-refractivity contribution in [2.45, 2.75) is 180 Å². The third kappa shape index (κ3) is 38.1. The van der Waals surface area contributed by atoms with Crippen LogP contribution in [0.1, 0.15) is 168 Å². The van der Waals surface area contributed by atoms with Crippen molar-refractivity contribution in [1.82, 2.24) is 0 Å². The Morgan fingerprint density at radius 2 is 1.00 bits per heavy atom. The maximum absolute atomic E-state index is 12.6. The number of esters is 2. The zero-order chi connectivity index (χ0) is 41.4. The van der Waals surface area contributed by atoms with Gasteiger partial charge in [-0.1, -0.05) is 158 Å². The Morgan fingerprint density at radius 1 is 0.571 bits per heavy atom. The molecule has 0 aliphatic rings. The van der Waals surface area contributed by atoms with E-state index in [1.54, 1.807) is 0 Å². The largest absolute Gasteiger partial charge is 0.480 e. The number of unbranched alkanes of at least 4 members (excludes halogenated alkanes) is 15. The minimum atomic E-state index is -4.72. The van der Waals surface area contributed by atoms with E-state index in [1.165, 1.54) is 57.8 Å². The van der Waals surface area contributed by atoms with E-state index >= 15 is 0 Å². The highest BCUT2D eigenvalue weighted by Gasteiger charge is 2.28. The van der Waals surface area contributed by atoms with Crippen molar-refractivity contribution >= 4 is 25.7 Å². The summed E-state index contributed by atoms with van der Waals surface area (Å²) in [6.07, 6.45) is 44.3. The number of rotatable bonds is 39. The SMILES string of the molecule is CC/C=C/C/C=C/C/C=C/C/C=C/C/C=C/CCCCCC(=O)O[C@@H](COC(=O)CCCCCCCCCCCCCCC)COP(=O)(O)OC[C@H](N)C(=O)O. The highest BCUT2D eigenvalue weighted by molar-refractivity contribution is 7.47. The lowest BCUT2D eigenvalue weighted by atomic mass is 10.0. The topological polar surface area (TPSA) is 172 Å². The highest BCUT2D eigenvalue weighted by Crippen LogP contribution is 2.43. The molecule has 0 heterocycles. The Morgan fingerprint density at radius 3 is 1.50 bits per heavy atom. The molecule has 3 atom stereocenters. The number of carboxylic acid groups (broad SMARTS) is 1. The van der Waals surface area contributed by atoms with E-state index in [1.807, 2.05) is 0 Å². The first-order valence-electron chi connectivity index (χ1n) is 21.3. The molecule has 322 valence electrons. The smallest absolute Gasteiger partial charge is 0.472 e. The van der Waals surface area contributed by atoms with Gasteiger partial charge in [-0.25, -0.2) is 4.57 Å². The summed E-state index contributed by atoms with van der Waals surface area (Å²) in [5, 5.41) is 8.88. The summed E-state index contributed by atoms with van der Waals surface area (Å²) in [5.41, 5.74) is 5.33. The van der Waals surface area contributed by atoms with Gasteiger partial charge >= 0.3 is 25.7 Å². The van der Waals surface area contributed by atoms with Crippen LogP contribution < -0.4 is 5.73 Å². The van der Waals surface area contributed by atoms with Gasteiger partial charge in [0.15, 0.2) is 6.10 Å². The standard InChI is InChI=1S/C44H76NO10P/c1-3-5-7-9-11-13-15-17-18-19-20-21-22-24-26-28-30-32-34-36-43(47)55-40(38-53-56(50,51)54-39-41(45)44(48)49)37-52-42(46)35-33-31-29-27-25-23-16-14-12-10-8-6-4-2/h5,7,11,13,17-18,20-21,24,26,40-41H,3-4,6,8-10,12,14-16,19,22-23,25,27-39,45H2,1-2H3,(H,48,49)(H,50,51)/b7-5+,13-11+,18-17+,21-20+,26-24+/t40-,41-/m0/s1. The van der Waals surface area contributed by atoms with Crippen LogP contribution in [-0.4, -0.2) is 59.9 Å². The molecule has 0 aliphatic carbocycles. The predicted molar refractivity (Wildman–Crippen MR) is 226 cm³/mol. The van der Waals surface area contributed by atoms with Crippen molar-refractivity contribution in [3.05, 3.63) is 60.8 Å². The molecule has 0 rings (SSSR count). The van der Waals surface area contributed by atoms with Crippen molar-refractivity contribution < 1.29 is 47.5 Å². The minimum absolute atomic E-state index is 0.121. The molecule has 0 radical (unpaired) electrons. The normalized spacial score (nSPS) is 14.4. The van der Waals surface area contributed by atoms with Crippen LogP contribution in [0.15, 0.2) is 60.8 Å². The van der Waals surface area contributed by atoms with Crippen LogP contribution in [0.4, 0.5) is 0 Å². The quantitative estimate of drug-likeness (QED) is 0.0233. The lowest BCUT2D eigenvalue weighted by Crippen LogP contribution is -2.34. The molecule has 4 N–H and O–H groups in total. The molecule has 0 aromatic rings. The fraction of sp³-hybridized carbons (Fsp3) is 0.705. The number of nitrogens with two attached hydrogens (primary N) is 1. The van der Waals surface area contributed by atoms with Crippen LogP contribution in [0, 0.1) is 0 Å². The van der Waals surface area contributed by atoms with Crippen LogP contribution in [-0.2, 0) is 37.5 Å². The van der Waals surface area contributed by atoms with Crippen molar-refractivity contribution in [2.75, 3.05) is 19.8 Å². The summed E-state index contributed by atoms with van der Waals surface area (Å²) in [6.45, 7) is 2.64. The molecule has 0 aromatic carbocycles. The Balaban J connectivity index is 4.45. The molecule has 0 spiro atoms. The molecule has 0 bridgehead atoms. The lowest BCUT2D eigenvalue weighted by molar-refractivity contribution is -0.161. The number of carbonyl (C=O) groups is 3. The highest BCUT2D eigenvalue weighted by atomic mass is 31.2. The third-order valence-corrected chi connectivity index (χ3v) is 9.73. The number of allylic oxidation sites excluding steroid dienone is 10. The van der Waals surface area contributed by atoms with E-state index in [0.717, 1.165) is 70.6 Å². The van der Waals surface area contributed by atoms with Gasteiger partial charge in [0.05, 0.1) is 13.2 Å².